The molecule has 0 radical (unpaired) electrons. The summed E-state index contributed by atoms with van der Waals surface area (Å²) in [7, 11) is 0. The lowest BCUT2D eigenvalue weighted by Crippen LogP contribution is -2.25. The van der Waals surface area contributed by atoms with Crippen LogP contribution in [0.15, 0.2) is 46.3 Å². The lowest BCUT2D eigenvalue weighted by atomic mass is 10.1. The summed E-state index contributed by atoms with van der Waals surface area (Å²) in [5, 5.41) is 5.73. The Morgan fingerprint density at radius 2 is 2.10 bits per heavy atom. The summed E-state index contributed by atoms with van der Waals surface area (Å²) in [6, 6.07) is 13.0. The first-order valence-electron chi connectivity index (χ1n) is 7.05. The molecule has 0 amide bonds. The van der Waals surface area contributed by atoms with Crippen LogP contribution in [0.3, 0.4) is 0 Å². The van der Waals surface area contributed by atoms with Gasteiger partial charge in [-0.25, -0.2) is 0 Å². The Morgan fingerprint density at radius 3 is 2.85 bits per heavy atom. The van der Waals surface area contributed by atoms with Gasteiger partial charge in [-0.2, -0.15) is 0 Å². The second-order valence-electron chi connectivity index (χ2n) is 5.29. The molecule has 106 valence electrons. The van der Waals surface area contributed by atoms with E-state index in [-0.39, 0.29) is 0 Å². The van der Waals surface area contributed by atoms with Crippen molar-refractivity contribution in [2.24, 2.45) is 5.92 Å². The summed E-state index contributed by atoms with van der Waals surface area (Å²) >= 11 is 5.32. The van der Waals surface area contributed by atoms with Crippen LogP contribution in [0.25, 0.3) is 0 Å². The van der Waals surface area contributed by atoms with Gasteiger partial charge in [0.15, 0.2) is 0 Å². The Balaban J connectivity index is 1.46. The SMILES string of the molecule is Brc1ccc(N2CCC(CNCc3cccs3)C2)cc1. The van der Waals surface area contributed by atoms with Gasteiger partial charge < -0.3 is 10.2 Å². The average Bonchev–Trinajstić information content (AvgIpc) is 3.11. The number of anilines is 1. The fraction of sp³-hybridized carbons (Fsp3) is 0.375. The van der Waals surface area contributed by atoms with Crippen molar-refractivity contribution in [3.05, 3.63) is 51.1 Å². The summed E-state index contributed by atoms with van der Waals surface area (Å²) in [5.41, 5.74) is 1.34. The second kappa shape index (κ2) is 6.74. The van der Waals surface area contributed by atoms with E-state index in [4.69, 9.17) is 0 Å². The predicted molar refractivity (Wildman–Crippen MR) is 90.5 cm³/mol. The normalized spacial score (nSPS) is 18.6. The monoisotopic (exact) mass is 350 g/mol. The third-order valence-electron chi connectivity index (χ3n) is 3.79. The van der Waals surface area contributed by atoms with Gasteiger partial charge in [0.1, 0.15) is 0 Å². The van der Waals surface area contributed by atoms with Crippen LogP contribution in [0.5, 0.6) is 0 Å². The van der Waals surface area contributed by atoms with Gasteiger partial charge in [0.05, 0.1) is 0 Å². The molecule has 2 heterocycles. The van der Waals surface area contributed by atoms with Crippen LogP contribution in [-0.2, 0) is 6.54 Å². The first kappa shape index (κ1) is 14.1. The van der Waals surface area contributed by atoms with Crippen LogP contribution in [0.1, 0.15) is 11.3 Å². The Morgan fingerprint density at radius 1 is 1.25 bits per heavy atom. The molecule has 0 aliphatic carbocycles. The summed E-state index contributed by atoms with van der Waals surface area (Å²) in [6.07, 6.45) is 1.29. The average molecular weight is 351 g/mol. The first-order valence-corrected chi connectivity index (χ1v) is 8.72. The Bertz CT molecular complexity index is 524. The van der Waals surface area contributed by atoms with Crippen molar-refractivity contribution in [1.82, 2.24) is 5.32 Å². The molecular weight excluding hydrogens is 332 g/mol. The lowest BCUT2D eigenvalue weighted by molar-refractivity contribution is 0.518. The zero-order chi connectivity index (χ0) is 13.8. The quantitative estimate of drug-likeness (QED) is 0.872. The molecule has 3 rings (SSSR count). The minimum atomic E-state index is 0.763. The van der Waals surface area contributed by atoms with Crippen LogP contribution < -0.4 is 10.2 Å². The highest BCUT2D eigenvalue weighted by Crippen LogP contribution is 2.25. The van der Waals surface area contributed by atoms with Crippen molar-refractivity contribution in [3.8, 4) is 0 Å². The highest BCUT2D eigenvalue weighted by Gasteiger charge is 2.22. The van der Waals surface area contributed by atoms with Crippen molar-refractivity contribution in [1.29, 1.82) is 0 Å². The third kappa shape index (κ3) is 3.62. The zero-order valence-corrected chi connectivity index (χ0v) is 13.8. The van der Waals surface area contributed by atoms with Gasteiger partial charge in [-0.1, -0.05) is 22.0 Å². The van der Waals surface area contributed by atoms with Gasteiger partial charge in [0.25, 0.3) is 0 Å². The number of thiophene rings is 1. The topological polar surface area (TPSA) is 15.3 Å². The standard InChI is InChI=1S/C16H19BrN2S/c17-14-3-5-15(6-4-14)19-8-7-13(12-19)10-18-11-16-2-1-9-20-16/h1-6,9,13,18H,7-8,10-12H2. The number of hydrogen-bond acceptors (Lipinski definition) is 3. The van der Waals surface area contributed by atoms with E-state index in [0.717, 1.165) is 23.5 Å². The molecule has 1 unspecified atom stereocenters. The van der Waals surface area contributed by atoms with Crippen molar-refractivity contribution in [2.75, 3.05) is 24.5 Å². The maximum atomic E-state index is 3.59. The molecule has 0 bridgehead atoms. The molecule has 1 atom stereocenters. The molecule has 1 aliphatic heterocycles. The molecule has 1 aliphatic rings. The molecule has 0 spiro atoms. The fourth-order valence-corrected chi connectivity index (χ4v) is 3.64. The number of rotatable bonds is 5. The predicted octanol–water partition coefficient (Wildman–Crippen LogP) is 4.13. The van der Waals surface area contributed by atoms with Crippen LogP contribution in [-0.4, -0.2) is 19.6 Å². The number of hydrogen-bond donors (Lipinski definition) is 1. The van der Waals surface area contributed by atoms with Gasteiger partial charge in [-0.15, -0.1) is 11.3 Å². The molecule has 4 heteroatoms. The van der Waals surface area contributed by atoms with Crippen molar-refractivity contribution in [3.63, 3.8) is 0 Å². The Hall–Kier alpha value is -0.840. The van der Waals surface area contributed by atoms with E-state index in [1.54, 1.807) is 0 Å². The lowest BCUT2D eigenvalue weighted by Gasteiger charge is -2.19. The van der Waals surface area contributed by atoms with E-state index in [9.17, 15) is 0 Å². The van der Waals surface area contributed by atoms with E-state index in [1.165, 1.54) is 30.1 Å². The summed E-state index contributed by atoms with van der Waals surface area (Å²) in [6.45, 7) is 4.46. The van der Waals surface area contributed by atoms with Gasteiger partial charge in [-0.3, -0.25) is 0 Å². The molecule has 2 nitrogen and oxygen atoms in total. The molecular formula is C16H19BrN2S. The Labute approximate surface area is 132 Å². The molecule has 0 saturated carbocycles. The highest BCUT2D eigenvalue weighted by atomic mass is 79.9. The van der Waals surface area contributed by atoms with Gasteiger partial charge in [0, 0.05) is 41.2 Å². The van der Waals surface area contributed by atoms with E-state index < -0.39 is 0 Å². The maximum Gasteiger partial charge on any atom is 0.0367 e. The van der Waals surface area contributed by atoms with Crippen LogP contribution >= 0.6 is 27.3 Å². The summed E-state index contributed by atoms with van der Waals surface area (Å²) in [4.78, 5) is 3.91. The van der Waals surface area contributed by atoms with E-state index in [2.05, 4.69) is 67.9 Å². The van der Waals surface area contributed by atoms with Crippen LogP contribution in [0.4, 0.5) is 5.69 Å². The molecule has 2 aromatic rings. The van der Waals surface area contributed by atoms with Gasteiger partial charge in [0.2, 0.25) is 0 Å². The maximum absolute atomic E-state index is 3.59. The van der Waals surface area contributed by atoms with Crippen LogP contribution in [0, 0.1) is 5.92 Å². The molecule has 1 aromatic carbocycles. The number of halogens is 1. The smallest absolute Gasteiger partial charge is 0.0367 e. The first-order chi connectivity index (χ1) is 9.81. The molecule has 20 heavy (non-hydrogen) atoms. The van der Waals surface area contributed by atoms with Gasteiger partial charge in [-0.05, 0) is 48.1 Å². The summed E-state index contributed by atoms with van der Waals surface area (Å²) < 4.78 is 1.15. The Kier molecular flexibility index (Phi) is 4.76. The minimum Gasteiger partial charge on any atom is -0.371 e. The van der Waals surface area contributed by atoms with E-state index >= 15 is 0 Å². The molecule has 1 aromatic heterocycles. The number of nitrogens with zero attached hydrogens (tertiary/aromatic N) is 1. The van der Waals surface area contributed by atoms with Gasteiger partial charge >= 0.3 is 0 Å². The third-order valence-corrected chi connectivity index (χ3v) is 5.20. The molecule has 1 saturated heterocycles. The van der Waals surface area contributed by atoms with Crippen LogP contribution in [0.2, 0.25) is 0 Å². The number of benzene rings is 1. The fourth-order valence-electron chi connectivity index (χ4n) is 2.70. The largest absolute Gasteiger partial charge is 0.371 e. The van der Waals surface area contributed by atoms with E-state index in [0.29, 0.717) is 0 Å². The van der Waals surface area contributed by atoms with Crippen molar-refractivity contribution >= 4 is 33.0 Å². The molecule has 1 fully saturated rings. The zero-order valence-electron chi connectivity index (χ0n) is 11.4. The van der Waals surface area contributed by atoms with Crippen molar-refractivity contribution < 1.29 is 0 Å². The minimum absolute atomic E-state index is 0.763. The molecule has 1 N–H and O–H groups in total. The summed E-state index contributed by atoms with van der Waals surface area (Å²) in [5.74, 6) is 0.763. The number of nitrogens with one attached hydrogen (secondary N) is 1. The van der Waals surface area contributed by atoms with Crippen molar-refractivity contribution in [2.45, 2.75) is 13.0 Å². The second-order valence-corrected chi connectivity index (χ2v) is 7.24. The highest BCUT2D eigenvalue weighted by molar-refractivity contribution is 9.10. The van der Waals surface area contributed by atoms with E-state index in [1.807, 2.05) is 11.3 Å².